The molecule has 3 rings (SSSR count). The molecule has 0 fully saturated rings. The second-order valence-electron chi connectivity index (χ2n) is 5.57. The SMILES string of the molecule is CCc1c(O)nn(-c2ccccc2C)c1-c1ccc(C)cc1. The summed E-state index contributed by atoms with van der Waals surface area (Å²) in [5, 5.41) is 14.6. The standard InChI is InChI=1S/C19H20N2O/c1-4-16-18(15-11-9-13(2)10-12-15)21(20-19(16)22)17-8-6-5-7-14(17)3/h5-12H,4H2,1-3H3,(H,20,22). The van der Waals surface area contributed by atoms with Gasteiger partial charge in [0.05, 0.1) is 11.4 Å². The largest absolute Gasteiger partial charge is 0.492 e. The number of para-hydroxylation sites is 1. The van der Waals surface area contributed by atoms with Crippen molar-refractivity contribution in [1.82, 2.24) is 9.78 Å². The molecule has 0 aliphatic rings. The maximum absolute atomic E-state index is 10.2. The van der Waals surface area contributed by atoms with Gasteiger partial charge in [0.2, 0.25) is 5.88 Å². The summed E-state index contributed by atoms with van der Waals surface area (Å²) >= 11 is 0. The van der Waals surface area contributed by atoms with E-state index in [2.05, 4.69) is 49.3 Å². The highest BCUT2D eigenvalue weighted by Gasteiger charge is 2.19. The van der Waals surface area contributed by atoms with Gasteiger partial charge in [0.15, 0.2) is 0 Å². The molecule has 1 heterocycles. The Morgan fingerprint density at radius 2 is 1.68 bits per heavy atom. The molecule has 1 aromatic heterocycles. The summed E-state index contributed by atoms with van der Waals surface area (Å²) in [5.74, 6) is 0.112. The van der Waals surface area contributed by atoms with E-state index < -0.39 is 0 Å². The van der Waals surface area contributed by atoms with Gasteiger partial charge in [-0.15, -0.1) is 5.10 Å². The Morgan fingerprint density at radius 1 is 1.00 bits per heavy atom. The number of aryl methyl sites for hydroxylation is 2. The summed E-state index contributed by atoms with van der Waals surface area (Å²) in [4.78, 5) is 0. The number of rotatable bonds is 3. The van der Waals surface area contributed by atoms with Crippen molar-refractivity contribution in [3.63, 3.8) is 0 Å². The van der Waals surface area contributed by atoms with Gasteiger partial charge in [0.25, 0.3) is 0 Å². The molecule has 22 heavy (non-hydrogen) atoms. The Hall–Kier alpha value is -2.55. The van der Waals surface area contributed by atoms with E-state index >= 15 is 0 Å². The highest BCUT2D eigenvalue weighted by Crippen LogP contribution is 2.33. The maximum atomic E-state index is 10.2. The highest BCUT2D eigenvalue weighted by atomic mass is 16.3. The lowest BCUT2D eigenvalue weighted by Crippen LogP contribution is -2.02. The molecule has 1 N–H and O–H groups in total. The molecule has 3 nitrogen and oxygen atoms in total. The number of aromatic nitrogens is 2. The lowest BCUT2D eigenvalue weighted by Gasteiger charge is -2.11. The molecule has 112 valence electrons. The topological polar surface area (TPSA) is 38.1 Å². The fraction of sp³-hybridized carbons (Fsp3) is 0.211. The predicted molar refractivity (Wildman–Crippen MR) is 89.5 cm³/mol. The quantitative estimate of drug-likeness (QED) is 0.775. The van der Waals surface area contributed by atoms with Gasteiger partial charge in [0, 0.05) is 11.1 Å². The number of hydrogen-bond acceptors (Lipinski definition) is 2. The molecule has 3 aromatic rings. The minimum Gasteiger partial charge on any atom is -0.492 e. The van der Waals surface area contributed by atoms with Gasteiger partial charge in [-0.05, 0) is 31.9 Å². The molecular weight excluding hydrogens is 272 g/mol. The first-order valence-corrected chi connectivity index (χ1v) is 7.55. The Kier molecular flexibility index (Phi) is 3.72. The van der Waals surface area contributed by atoms with Crippen molar-refractivity contribution < 1.29 is 5.11 Å². The van der Waals surface area contributed by atoms with Crippen molar-refractivity contribution >= 4 is 0 Å². The summed E-state index contributed by atoms with van der Waals surface area (Å²) in [6.07, 6.45) is 0.737. The number of nitrogens with zero attached hydrogens (tertiary/aromatic N) is 2. The summed E-state index contributed by atoms with van der Waals surface area (Å²) in [7, 11) is 0. The van der Waals surface area contributed by atoms with Crippen LogP contribution in [0.3, 0.4) is 0 Å². The molecule has 0 spiro atoms. The lowest BCUT2D eigenvalue weighted by atomic mass is 10.0. The van der Waals surface area contributed by atoms with Crippen LogP contribution in [0, 0.1) is 13.8 Å². The van der Waals surface area contributed by atoms with Gasteiger partial charge in [-0.3, -0.25) is 0 Å². The van der Waals surface area contributed by atoms with E-state index in [4.69, 9.17) is 0 Å². The van der Waals surface area contributed by atoms with E-state index in [0.29, 0.717) is 0 Å². The van der Waals surface area contributed by atoms with Gasteiger partial charge >= 0.3 is 0 Å². The van der Waals surface area contributed by atoms with Crippen molar-refractivity contribution in [1.29, 1.82) is 0 Å². The molecule has 0 bridgehead atoms. The smallest absolute Gasteiger partial charge is 0.234 e. The molecule has 0 atom stereocenters. The van der Waals surface area contributed by atoms with Crippen LogP contribution in [-0.2, 0) is 6.42 Å². The van der Waals surface area contributed by atoms with Crippen LogP contribution in [0.2, 0.25) is 0 Å². The lowest BCUT2D eigenvalue weighted by molar-refractivity contribution is 0.442. The fourth-order valence-electron chi connectivity index (χ4n) is 2.75. The zero-order valence-corrected chi connectivity index (χ0v) is 13.2. The molecule has 0 radical (unpaired) electrons. The van der Waals surface area contributed by atoms with Gasteiger partial charge < -0.3 is 5.11 Å². The van der Waals surface area contributed by atoms with Crippen LogP contribution < -0.4 is 0 Å². The average molecular weight is 292 g/mol. The Labute approximate surface area is 130 Å². The fourth-order valence-corrected chi connectivity index (χ4v) is 2.75. The van der Waals surface area contributed by atoms with Crippen molar-refractivity contribution in [3.05, 3.63) is 65.2 Å². The third kappa shape index (κ3) is 2.39. The van der Waals surface area contributed by atoms with Gasteiger partial charge in [-0.25, -0.2) is 4.68 Å². The molecule has 0 saturated heterocycles. The molecule has 0 aliphatic carbocycles. The first kappa shape index (κ1) is 14.4. The van der Waals surface area contributed by atoms with E-state index in [9.17, 15) is 5.11 Å². The normalized spacial score (nSPS) is 10.9. The third-order valence-corrected chi connectivity index (χ3v) is 3.98. The second kappa shape index (κ2) is 5.68. The zero-order valence-electron chi connectivity index (χ0n) is 13.2. The Morgan fingerprint density at radius 3 is 2.32 bits per heavy atom. The van der Waals surface area contributed by atoms with Crippen LogP contribution >= 0.6 is 0 Å². The van der Waals surface area contributed by atoms with E-state index in [0.717, 1.165) is 34.5 Å². The monoisotopic (exact) mass is 292 g/mol. The van der Waals surface area contributed by atoms with Crippen molar-refractivity contribution in [2.45, 2.75) is 27.2 Å². The zero-order chi connectivity index (χ0) is 15.7. The molecule has 0 aliphatic heterocycles. The van der Waals surface area contributed by atoms with Crippen LogP contribution in [-0.4, -0.2) is 14.9 Å². The van der Waals surface area contributed by atoms with E-state index in [1.807, 2.05) is 29.8 Å². The number of benzene rings is 2. The Bertz CT molecular complexity index is 801. The van der Waals surface area contributed by atoms with Crippen LogP contribution in [0.5, 0.6) is 5.88 Å². The number of aromatic hydroxyl groups is 1. The minimum absolute atomic E-state index is 0.112. The molecular formula is C19H20N2O. The number of hydrogen-bond donors (Lipinski definition) is 1. The van der Waals surface area contributed by atoms with Gasteiger partial charge in [-0.2, -0.15) is 0 Å². The molecule has 0 saturated carbocycles. The predicted octanol–water partition coefficient (Wildman–Crippen LogP) is 4.42. The van der Waals surface area contributed by atoms with E-state index in [-0.39, 0.29) is 5.88 Å². The Balaban J connectivity index is 2.28. The van der Waals surface area contributed by atoms with E-state index in [1.165, 1.54) is 5.56 Å². The molecule has 2 aromatic carbocycles. The summed E-state index contributed by atoms with van der Waals surface area (Å²) < 4.78 is 1.86. The van der Waals surface area contributed by atoms with Crippen LogP contribution in [0.4, 0.5) is 0 Å². The summed E-state index contributed by atoms with van der Waals surface area (Å²) in [5.41, 5.74) is 6.25. The minimum atomic E-state index is 0.112. The highest BCUT2D eigenvalue weighted by molar-refractivity contribution is 5.69. The van der Waals surface area contributed by atoms with Crippen LogP contribution in [0.1, 0.15) is 23.6 Å². The third-order valence-electron chi connectivity index (χ3n) is 3.98. The van der Waals surface area contributed by atoms with Crippen molar-refractivity contribution in [2.24, 2.45) is 0 Å². The van der Waals surface area contributed by atoms with E-state index in [1.54, 1.807) is 0 Å². The average Bonchev–Trinajstić information content (AvgIpc) is 2.85. The van der Waals surface area contributed by atoms with Crippen molar-refractivity contribution in [3.8, 4) is 22.8 Å². The molecule has 0 amide bonds. The molecule has 0 unspecified atom stereocenters. The van der Waals surface area contributed by atoms with Crippen molar-refractivity contribution in [2.75, 3.05) is 0 Å². The summed E-state index contributed by atoms with van der Waals surface area (Å²) in [6, 6.07) is 16.4. The van der Waals surface area contributed by atoms with Gasteiger partial charge in [-0.1, -0.05) is 55.0 Å². The summed E-state index contributed by atoms with van der Waals surface area (Å²) in [6.45, 7) is 6.16. The first-order chi connectivity index (χ1) is 10.6. The first-order valence-electron chi connectivity index (χ1n) is 7.55. The molecule has 3 heteroatoms. The van der Waals surface area contributed by atoms with Gasteiger partial charge in [0.1, 0.15) is 0 Å². The maximum Gasteiger partial charge on any atom is 0.234 e. The second-order valence-corrected chi connectivity index (χ2v) is 5.57. The van der Waals surface area contributed by atoms with Crippen LogP contribution in [0.25, 0.3) is 16.9 Å². The van der Waals surface area contributed by atoms with Crippen LogP contribution in [0.15, 0.2) is 48.5 Å².